The van der Waals surface area contributed by atoms with Crippen molar-refractivity contribution in [2.24, 2.45) is 0 Å². The van der Waals surface area contributed by atoms with Crippen molar-refractivity contribution < 1.29 is 4.79 Å². The molecule has 2 N–H and O–H groups in total. The lowest BCUT2D eigenvalue weighted by Gasteiger charge is -2.24. The van der Waals surface area contributed by atoms with E-state index in [1.54, 1.807) is 22.3 Å². The van der Waals surface area contributed by atoms with Crippen LogP contribution in [0.15, 0.2) is 29.6 Å². The van der Waals surface area contributed by atoms with E-state index in [0.717, 1.165) is 12.1 Å². The molecule has 2 aromatic heterocycles. The third-order valence-corrected chi connectivity index (χ3v) is 4.41. The second-order valence-corrected chi connectivity index (χ2v) is 5.71. The molecule has 2 rings (SSSR count). The summed E-state index contributed by atoms with van der Waals surface area (Å²) in [5, 5.41) is 2.02. The summed E-state index contributed by atoms with van der Waals surface area (Å²) < 4.78 is 0. The van der Waals surface area contributed by atoms with Crippen LogP contribution in [-0.2, 0) is 6.42 Å². The zero-order valence-corrected chi connectivity index (χ0v) is 12.8. The average Bonchev–Trinajstić information content (AvgIpc) is 2.98. The number of nitrogen functional groups attached to an aromatic ring is 1. The highest BCUT2D eigenvalue weighted by atomic mass is 32.1. The van der Waals surface area contributed by atoms with Gasteiger partial charge in [0.05, 0.1) is 6.04 Å². The first kappa shape index (κ1) is 14.5. The summed E-state index contributed by atoms with van der Waals surface area (Å²) in [6, 6.07) is 7.53. The number of hydrogen-bond donors (Lipinski definition) is 1. The lowest BCUT2D eigenvalue weighted by atomic mass is 10.1. The van der Waals surface area contributed by atoms with Gasteiger partial charge in [-0.15, -0.1) is 11.3 Å². The molecule has 0 fully saturated rings. The number of aryl methyl sites for hydroxylation is 1. The normalized spacial score (nSPS) is 12.2. The number of anilines is 1. The molecular weight excluding hydrogens is 270 g/mol. The Morgan fingerprint density at radius 2 is 2.25 bits per heavy atom. The third kappa shape index (κ3) is 2.99. The van der Waals surface area contributed by atoms with Crippen LogP contribution in [0.3, 0.4) is 0 Å². The molecule has 4 nitrogen and oxygen atoms in total. The Kier molecular flexibility index (Phi) is 4.39. The van der Waals surface area contributed by atoms with E-state index in [1.165, 1.54) is 4.88 Å². The van der Waals surface area contributed by atoms with Gasteiger partial charge in [0, 0.05) is 23.2 Å². The maximum atomic E-state index is 12.5. The van der Waals surface area contributed by atoms with Crippen molar-refractivity contribution in [3.05, 3.63) is 45.8 Å². The zero-order chi connectivity index (χ0) is 14.7. The van der Waals surface area contributed by atoms with Gasteiger partial charge in [-0.2, -0.15) is 0 Å². The van der Waals surface area contributed by atoms with E-state index in [0.29, 0.717) is 11.4 Å². The summed E-state index contributed by atoms with van der Waals surface area (Å²) in [5.74, 6) is 0.361. The minimum Gasteiger partial charge on any atom is -0.384 e. The number of aromatic nitrogens is 1. The van der Waals surface area contributed by atoms with E-state index in [4.69, 9.17) is 5.73 Å². The molecule has 0 aromatic carbocycles. The van der Waals surface area contributed by atoms with Crippen LogP contribution in [0.1, 0.15) is 40.8 Å². The Morgan fingerprint density at radius 1 is 1.50 bits per heavy atom. The Labute approximate surface area is 123 Å². The van der Waals surface area contributed by atoms with Gasteiger partial charge in [-0.25, -0.2) is 4.98 Å². The van der Waals surface area contributed by atoms with Crippen molar-refractivity contribution in [1.29, 1.82) is 0 Å². The number of pyridine rings is 1. The molecule has 0 aliphatic carbocycles. The number of carbonyl (C=O) groups is 1. The standard InChI is InChI=1S/C15H19N3OS/c1-4-12-8-11(9-14(16)17-12)15(19)18(3)10(2)13-6-5-7-20-13/h5-10H,4H2,1-3H3,(H2,16,17). The molecule has 0 aliphatic rings. The first-order valence-electron chi connectivity index (χ1n) is 6.60. The van der Waals surface area contributed by atoms with Gasteiger partial charge in [0.25, 0.3) is 5.91 Å². The van der Waals surface area contributed by atoms with Gasteiger partial charge in [-0.1, -0.05) is 13.0 Å². The molecule has 0 radical (unpaired) electrons. The van der Waals surface area contributed by atoms with Crippen LogP contribution in [0, 0.1) is 0 Å². The van der Waals surface area contributed by atoms with Gasteiger partial charge in [-0.3, -0.25) is 4.79 Å². The zero-order valence-electron chi connectivity index (χ0n) is 12.0. The predicted molar refractivity (Wildman–Crippen MR) is 82.9 cm³/mol. The van der Waals surface area contributed by atoms with Gasteiger partial charge < -0.3 is 10.6 Å². The Bertz CT molecular complexity index is 595. The van der Waals surface area contributed by atoms with E-state index in [9.17, 15) is 4.79 Å². The lowest BCUT2D eigenvalue weighted by molar-refractivity contribution is 0.0745. The summed E-state index contributed by atoms with van der Waals surface area (Å²) in [7, 11) is 1.81. The van der Waals surface area contributed by atoms with Crippen LogP contribution in [0.25, 0.3) is 0 Å². The molecule has 0 bridgehead atoms. The summed E-state index contributed by atoms with van der Waals surface area (Å²) in [6.45, 7) is 4.02. The highest BCUT2D eigenvalue weighted by Gasteiger charge is 2.20. The second kappa shape index (κ2) is 6.05. The third-order valence-electron chi connectivity index (χ3n) is 3.36. The van der Waals surface area contributed by atoms with Crippen molar-refractivity contribution in [1.82, 2.24) is 9.88 Å². The van der Waals surface area contributed by atoms with E-state index in [1.807, 2.05) is 44.5 Å². The minimum absolute atomic E-state index is 0.0327. The molecule has 20 heavy (non-hydrogen) atoms. The highest BCUT2D eigenvalue weighted by molar-refractivity contribution is 7.10. The lowest BCUT2D eigenvalue weighted by Crippen LogP contribution is -2.29. The monoisotopic (exact) mass is 289 g/mol. The summed E-state index contributed by atoms with van der Waals surface area (Å²) in [5.41, 5.74) is 7.20. The van der Waals surface area contributed by atoms with Gasteiger partial charge in [-0.05, 0) is 36.9 Å². The Hall–Kier alpha value is -1.88. The van der Waals surface area contributed by atoms with Crippen molar-refractivity contribution in [2.75, 3.05) is 12.8 Å². The number of hydrogen-bond acceptors (Lipinski definition) is 4. The van der Waals surface area contributed by atoms with Gasteiger partial charge in [0.15, 0.2) is 0 Å². The molecule has 1 unspecified atom stereocenters. The molecule has 106 valence electrons. The second-order valence-electron chi connectivity index (χ2n) is 4.73. The van der Waals surface area contributed by atoms with Crippen LogP contribution < -0.4 is 5.73 Å². The fourth-order valence-corrected chi connectivity index (χ4v) is 2.84. The maximum Gasteiger partial charge on any atom is 0.254 e. The minimum atomic E-state index is -0.0327. The molecule has 0 spiro atoms. The topological polar surface area (TPSA) is 59.2 Å². The van der Waals surface area contributed by atoms with Crippen molar-refractivity contribution in [2.45, 2.75) is 26.3 Å². The molecule has 0 saturated carbocycles. The number of carbonyl (C=O) groups excluding carboxylic acids is 1. The number of nitrogens with zero attached hydrogens (tertiary/aromatic N) is 2. The van der Waals surface area contributed by atoms with Crippen LogP contribution in [-0.4, -0.2) is 22.8 Å². The molecular formula is C15H19N3OS. The quantitative estimate of drug-likeness (QED) is 0.940. The largest absolute Gasteiger partial charge is 0.384 e. The van der Waals surface area contributed by atoms with Crippen LogP contribution in [0.4, 0.5) is 5.82 Å². The summed E-state index contributed by atoms with van der Waals surface area (Å²) >= 11 is 1.65. The van der Waals surface area contributed by atoms with E-state index < -0.39 is 0 Å². The predicted octanol–water partition coefficient (Wildman–Crippen LogP) is 3.12. The molecule has 0 saturated heterocycles. The van der Waals surface area contributed by atoms with Crippen LogP contribution >= 0.6 is 11.3 Å². The molecule has 0 aliphatic heterocycles. The fraction of sp³-hybridized carbons (Fsp3) is 0.333. The Balaban J connectivity index is 2.24. The van der Waals surface area contributed by atoms with Crippen LogP contribution in [0.2, 0.25) is 0 Å². The van der Waals surface area contributed by atoms with E-state index in [2.05, 4.69) is 4.98 Å². The molecule has 1 atom stereocenters. The Morgan fingerprint density at radius 3 is 2.85 bits per heavy atom. The molecule has 5 heteroatoms. The van der Waals surface area contributed by atoms with Gasteiger partial charge in [0.2, 0.25) is 0 Å². The number of amides is 1. The van der Waals surface area contributed by atoms with Gasteiger partial charge >= 0.3 is 0 Å². The number of nitrogens with two attached hydrogens (primary N) is 1. The summed E-state index contributed by atoms with van der Waals surface area (Å²) in [4.78, 5) is 19.6. The first-order chi connectivity index (χ1) is 9.52. The smallest absolute Gasteiger partial charge is 0.254 e. The first-order valence-corrected chi connectivity index (χ1v) is 7.48. The van der Waals surface area contributed by atoms with Crippen molar-refractivity contribution in [3.8, 4) is 0 Å². The number of thiophene rings is 1. The van der Waals surface area contributed by atoms with Crippen molar-refractivity contribution in [3.63, 3.8) is 0 Å². The molecule has 2 heterocycles. The van der Waals surface area contributed by atoms with Crippen LogP contribution in [0.5, 0.6) is 0 Å². The molecule has 2 aromatic rings. The van der Waals surface area contributed by atoms with E-state index >= 15 is 0 Å². The van der Waals surface area contributed by atoms with E-state index in [-0.39, 0.29) is 11.9 Å². The number of rotatable bonds is 4. The highest BCUT2D eigenvalue weighted by Crippen LogP contribution is 2.25. The average molecular weight is 289 g/mol. The van der Waals surface area contributed by atoms with Crippen molar-refractivity contribution >= 4 is 23.1 Å². The maximum absolute atomic E-state index is 12.5. The molecule has 1 amide bonds. The fourth-order valence-electron chi connectivity index (χ4n) is 2.01. The van der Waals surface area contributed by atoms with Gasteiger partial charge in [0.1, 0.15) is 5.82 Å². The SMILES string of the molecule is CCc1cc(C(=O)N(C)C(C)c2cccs2)cc(N)n1. The summed E-state index contributed by atoms with van der Waals surface area (Å²) in [6.07, 6.45) is 0.759.